The minimum Gasteiger partial charge on any atom is -0.393 e. The van der Waals surface area contributed by atoms with Crippen molar-refractivity contribution in [3.05, 3.63) is 40.7 Å². The van der Waals surface area contributed by atoms with Crippen LogP contribution in [0.1, 0.15) is 5.69 Å². The second-order valence-corrected chi connectivity index (χ2v) is 5.39. The largest absolute Gasteiger partial charge is 0.393 e. The van der Waals surface area contributed by atoms with Gasteiger partial charge >= 0.3 is 0 Å². The quantitative estimate of drug-likeness (QED) is 0.721. The Bertz CT molecular complexity index is 698. The second kappa shape index (κ2) is 4.51. The van der Waals surface area contributed by atoms with Crippen molar-refractivity contribution in [1.29, 1.82) is 0 Å². The summed E-state index contributed by atoms with van der Waals surface area (Å²) in [5.41, 5.74) is 9.93. The number of H-pyrrole nitrogens is 1. The van der Waals surface area contributed by atoms with Crippen molar-refractivity contribution in [3.8, 4) is 11.1 Å². The van der Waals surface area contributed by atoms with Crippen molar-refractivity contribution in [2.45, 2.75) is 6.42 Å². The first-order chi connectivity index (χ1) is 8.74. The number of thiocarbonyl (C=S) groups is 1. The van der Waals surface area contributed by atoms with Gasteiger partial charge in [0, 0.05) is 17.5 Å². The molecule has 0 unspecified atom stereocenters. The van der Waals surface area contributed by atoms with E-state index in [1.54, 1.807) is 11.3 Å². The van der Waals surface area contributed by atoms with Crippen LogP contribution in [-0.4, -0.2) is 15.2 Å². The van der Waals surface area contributed by atoms with Crippen LogP contribution in [0.25, 0.3) is 22.0 Å². The normalized spacial score (nSPS) is 10.9. The zero-order valence-corrected chi connectivity index (χ0v) is 11.1. The van der Waals surface area contributed by atoms with Gasteiger partial charge in [0.2, 0.25) is 0 Å². The van der Waals surface area contributed by atoms with E-state index in [0.29, 0.717) is 11.4 Å². The maximum Gasteiger partial charge on any atom is 0.0924 e. The Kier molecular flexibility index (Phi) is 2.85. The lowest BCUT2D eigenvalue weighted by Gasteiger charge is -2.00. The number of thiophene rings is 1. The van der Waals surface area contributed by atoms with Gasteiger partial charge in [0.1, 0.15) is 0 Å². The topological polar surface area (TPSA) is 54.7 Å². The van der Waals surface area contributed by atoms with E-state index in [4.69, 9.17) is 18.0 Å². The van der Waals surface area contributed by atoms with Crippen LogP contribution in [0.2, 0.25) is 0 Å². The Labute approximate surface area is 114 Å². The lowest BCUT2D eigenvalue weighted by Crippen LogP contribution is -2.11. The Balaban J connectivity index is 2.12. The molecule has 0 aliphatic heterocycles. The number of nitrogens with two attached hydrogens (primary N) is 1. The Morgan fingerprint density at radius 1 is 1.33 bits per heavy atom. The predicted molar refractivity (Wildman–Crippen MR) is 79.9 cm³/mol. The molecule has 2 heterocycles. The summed E-state index contributed by atoms with van der Waals surface area (Å²) >= 11 is 6.64. The van der Waals surface area contributed by atoms with Crippen LogP contribution in [0, 0.1) is 0 Å². The maximum absolute atomic E-state index is 5.59. The van der Waals surface area contributed by atoms with Crippen LogP contribution in [-0.2, 0) is 6.42 Å². The molecule has 3 nitrogen and oxygen atoms in total. The van der Waals surface area contributed by atoms with Gasteiger partial charge in [-0.05, 0) is 40.1 Å². The van der Waals surface area contributed by atoms with Crippen molar-refractivity contribution < 1.29 is 0 Å². The molecule has 0 aliphatic carbocycles. The molecule has 0 bridgehead atoms. The minimum absolute atomic E-state index is 0.474. The van der Waals surface area contributed by atoms with Gasteiger partial charge in [-0.1, -0.05) is 18.3 Å². The standard InChI is InChI=1S/C13H11N3S2/c14-13(17)6-12-10-5-8(9-3-4-18-7-9)1-2-11(10)15-16-12/h1-5,7H,6H2,(H2,14,17)(H,15,16). The Hall–Kier alpha value is -1.72. The van der Waals surface area contributed by atoms with E-state index in [-0.39, 0.29) is 0 Å². The fourth-order valence-corrected chi connectivity index (χ4v) is 2.79. The highest BCUT2D eigenvalue weighted by atomic mass is 32.1. The maximum atomic E-state index is 5.59. The van der Waals surface area contributed by atoms with Crippen LogP contribution in [0.4, 0.5) is 0 Å². The van der Waals surface area contributed by atoms with Gasteiger partial charge in [0.15, 0.2) is 0 Å². The second-order valence-electron chi connectivity index (χ2n) is 4.09. The monoisotopic (exact) mass is 273 g/mol. The van der Waals surface area contributed by atoms with E-state index in [1.807, 2.05) is 6.07 Å². The van der Waals surface area contributed by atoms with Crippen LogP contribution < -0.4 is 5.73 Å². The van der Waals surface area contributed by atoms with E-state index >= 15 is 0 Å². The molecule has 0 aliphatic rings. The summed E-state index contributed by atoms with van der Waals surface area (Å²) in [6, 6.07) is 8.34. The van der Waals surface area contributed by atoms with Gasteiger partial charge in [-0.25, -0.2) is 0 Å². The molecule has 0 saturated heterocycles. The Morgan fingerprint density at radius 3 is 2.94 bits per heavy atom. The van der Waals surface area contributed by atoms with Gasteiger partial charge in [-0.15, -0.1) is 0 Å². The number of fused-ring (bicyclic) bond motifs is 1. The number of aromatic amines is 1. The lowest BCUT2D eigenvalue weighted by molar-refractivity contribution is 1.04. The SMILES string of the molecule is NC(=S)Cc1[nH]nc2ccc(-c3ccsc3)cc12. The average Bonchev–Trinajstić information content (AvgIpc) is 2.98. The van der Waals surface area contributed by atoms with Crippen molar-refractivity contribution >= 4 is 39.4 Å². The molecule has 0 radical (unpaired) electrons. The fourth-order valence-electron chi connectivity index (χ4n) is 1.98. The number of nitrogens with zero attached hydrogens (tertiary/aromatic N) is 1. The predicted octanol–water partition coefficient (Wildman–Crippen LogP) is 3.12. The number of benzene rings is 1. The van der Waals surface area contributed by atoms with Crippen LogP contribution in [0.5, 0.6) is 0 Å². The first-order valence-electron chi connectivity index (χ1n) is 5.52. The van der Waals surface area contributed by atoms with Crippen molar-refractivity contribution in [2.24, 2.45) is 5.73 Å². The summed E-state index contributed by atoms with van der Waals surface area (Å²) in [6.07, 6.45) is 0.554. The van der Waals surface area contributed by atoms with Crippen LogP contribution in [0.3, 0.4) is 0 Å². The molecular formula is C13H11N3S2. The van der Waals surface area contributed by atoms with E-state index in [9.17, 15) is 0 Å². The molecule has 0 saturated carbocycles. The third-order valence-corrected chi connectivity index (χ3v) is 3.67. The molecule has 3 rings (SSSR count). The molecule has 2 aromatic heterocycles. The van der Waals surface area contributed by atoms with Crippen LogP contribution >= 0.6 is 23.6 Å². The molecule has 18 heavy (non-hydrogen) atoms. The van der Waals surface area contributed by atoms with Gasteiger partial charge in [-0.3, -0.25) is 5.10 Å². The van der Waals surface area contributed by atoms with Crippen molar-refractivity contribution in [3.63, 3.8) is 0 Å². The first kappa shape index (κ1) is 11.4. The third-order valence-electron chi connectivity index (χ3n) is 2.84. The number of hydrogen-bond acceptors (Lipinski definition) is 3. The molecule has 3 aromatic rings. The number of nitrogens with one attached hydrogen (secondary N) is 1. The highest BCUT2D eigenvalue weighted by Crippen LogP contribution is 2.27. The molecular weight excluding hydrogens is 262 g/mol. The van der Waals surface area contributed by atoms with E-state index in [0.717, 1.165) is 16.6 Å². The molecule has 0 amide bonds. The number of aromatic nitrogens is 2. The molecule has 1 aromatic carbocycles. The molecule has 3 N–H and O–H groups in total. The number of rotatable bonds is 3. The zero-order chi connectivity index (χ0) is 12.5. The summed E-state index contributed by atoms with van der Waals surface area (Å²) in [5, 5.41) is 12.6. The average molecular weight is 273 g/mol. The molecule has 0 fully saturated rings. The molecule has 0 spiro atoms. The fraction of sp³-hybridized carbons (Fsp3) is 0.0769. The molecule has 0 atom stereocenters. The van der Waals surface area contributed by atoms with E-state index in [2.05, 4.69) is 39.2 Å². The van der Waals surface area contributed by atoms with Gasteiger partial charge < -0.3 is 5.73 Å². The van der Waals surface area contributed by atoms with E-state index in [1.165, 1.54) is 11.1 Å². The first-order valence-corrected chi connectivity index (χ1v) is 6.87. The summed E-state index contributed by atoms with van der Waals surface area (Å²) < 4.78 is 0. The van der Waals surface area contributed by atoms with E-state index < -0.39 is 0 Å². The lowest BCUT2D eigenvalue weighted by atomic mass is 10.1. The van der Waals surface area contributed by atoms with Crippen molar-refractivity contribution in [2.75, 3.05) is 0 Å². The summed E-state index contributed by atoms with van der Waals surface area (Å²) in [4.78, 5) is 0.474. The summed E-state index contributed by atoms with van der Waals surface area (Å²) in [5.74, 6) is 0. The van der Waals surface area contributed by atoms with Gasteiger partial charge in [0.25, 0.3) is 0 Å². The van der Waals surface area contributed by atoms with Gasteiger partial charge in [-0.2, -0.15) is 16.4 Å². The summed E-state index contributed by atoms with van der Waals surface area (Å²) in [6.45, 7) is 0. The van der Waals surface area contributed by atoms with Crippen molar-refractivity contribution in [1.82, 2.24) is 10.2 Å². The number of hydrogen-bond donors (Lipinski definition) is 2. The highest BCUT2D eigenvalue weighted by Gasteiger charge is 2.08. The van der Waals surface area contributed by atoms with Gasteiger partial charge in [0.05, 0.1) is 10.5 Å². The molecule has 90 valence electrons. The van der Waals surface area contributed by atoms with Crippen LogP contribution in [0.15, 0.2) is 35.0 Å². The zero-order valence-electron chi connectivity index (χ0n) is 9.51. The summed E-state index contributed by atoms with van der Waals surface area (Å²) in [7, 11) is 0. The molecule has 5 heteroatoms. The third kappa shape index (κ3) is 2.02. The Morgan fingerprint density at radius 2 is 2.22 bits per heavy atom. The highest BCUT2D eigenvalue weighted by molar-refractivity contribution is 7.80. The smallest absolute Gasteiger partial charge is 0.0924 e. The minimum atomic E-state index is 0.474.